The van der Waals surface area contributed by atoms with Gasteiger partial charge in [0.15, 0.2) is 5.82 Å². The molecule has 1 atom stereocenters. The summed E-state index contributed by atoms with van der Waals surface area (Å²) < 4.78 is 10.8. The molecule has 0 aliphatic heterocycles. The molecule has 0 amide bonds. The van der Waals surface area contributed by atoms with Gasteiger partial charge >= 0.3 is 0 Å². The minimum atomic E-state index is -0.841. The third-order valence-corrected chi connectivity index (χ3v) is 4.40. The van der Waals surface area contributed by atoms with Crippen LogP contribution in [0.2, 0.25) is 0 Å². The van der Waals surface area contributed by atoms with Crippen LogP contribution in [0.1, 0.15) is 44.6 Å². The molecule has 0 aliphatic rings. The number of hydrogen-bond acceptors (Lipinski definition) is 6. The van der Waals surface area contributed by atoms with Gasteiger partial charge in [-0.3, -0.25) is 0 Å². The number of ether oxygens (including phenoxy) is 2. The summed E-state index contributed by atoms with van der Waals surface area (Å²) in [4.78, 5) is 8.98. The predicted molar refractivity (Wildman–Crippen MR) is 109 cm³/mol. The summed E-state index contributed by atoms with van der Waals surface area (Å²) in [5.41, 5.74) is 2.13. The quantitative estimate of drug-likeness (QED) is 0.483. The third kappa shape index (κ3) is 8.33. The Kier molecular flexibility index (Phi) is 10.5. The van der Waals surface area contributed by atoms with Crippen LogP contribution in [-0.4, -0.2) is 52.7 Å². The van der Waals surface area contributed by atoms with Crippen molar-refractivity contribution in [2.75, 3.05) is 26.4 Å². The van der Waals surface area contributed by atoms with Crippen molar-refractivity contribution in [2.24, 2.45) is 0 Å². The normalized spacial score (nSPS) is 12.1. The molecule has 2 rings (SSSR count). The summed E-state index contributed by atoms with van der Waals surface area (Å²) in [6.45, 7) is 2.75. The lowest BCUT2D eigenvalue weighted by Gasteiger charge is -2.10. The summed E-state index contributed by atoms with van der Waals surface area (Å²) >= 11 is 0. The first kappa shape index (κ1) is 22.3. The highest BCUT2D eigenvalue weighted by Crippen LogP contribution is 2.19. The minimum absolute atomic E-state index is 0.102. The van der Waals surface area contributed by atoms with Crippen LogP contribution < -0.4 is 4.74 Å². The highest BCUT2D eigenvalue weighted by molar-refractivity contribution is 5.55. The van der Waals surface area contributed by atoms with Gasteiger partial charge in [-0.05, 0) is 42.7 Å². The molecule has 2 aromatic rings. The van der Waals surface area contributed by atoms with Crippen molar-refractivity contribution in [1.82, 2.24) is 9.97 Å². The highest BCUT2D eigenvalue weighted by atomic mass is 16.5. The van der Waals surface area contributed by atoms with Gasteiger partial charge in [0.25, 0.3) is 0 Å². The SMILES string of the molecule is CCCCCCCc1cnc(-c2ccc(OCCOC[C@H](O)CO)cc2)nc1. The molecule has 28 heavy (non-hydrogen) atoms. The van der Waals surface area contributed by atoms with E-state index < -0.39 is 6.10 Å². The van der Waals surface area contributed by atoms with Crippen LogP contribution in [0.4, 0.5) is 0 Å². The van der Waals surface area contributed by atoms with E-state index in [-0.39, 0.29) is 13.2 Å². The van der Waals surface area contributed by atoms with Crippen LogP contribution >= 0.6 is 0 Å². The summed E-state index contributed by atoms with van der Waals surface area (Å²) in [7, 11) is 0. The molecular formula is C22H32N2O4. The molecule has 6 heteroatoms. The molecule has 1 aromatic heterocycles. The van der Waals surface area contributed by atoms with Gasteiger partial charge in [-0.15, -0.1) is 0 Å². The first-order valence-electron chi connectivity index (χ1n) is 10.1. The predicted octanol–water partition coefficient (Wildman–Crippen LogP) is 3.41. The van der Waals surface area contributed by atoms with Gasteiger partial charge < -0.3 is 19.7 Å². The zero-order valence-corrected chi connectivity index (χ0v) is 16.7. The lowest BCUT2D eigenvalue weighted by Crippen LogP contribution is -2.21. The maximum atomic E-state index is 9.18. The van der Waals surface area contributed by atoms with Gasteiger partial charge in [-0.2, -0.15) is 0 Å². The minimum Gasteiger partial charge on any atom is -0.491 e. The van der Waals surface area contributed by atoms with E-state index in [0.29, 0.717) is 19.0 Å². The van der Waals surface area contributed by atoms with Gasteiger partial charge in [0, 0.05) is 18.0 Å². The van der Waals surface area contributed by atoms with Crippen molar-refractivity contribution in [3.63, 3.8) is 0 Å². The second-order valence-corrected chi connectivity index (χ2v) is 6.86. The van der Waals surface area contributed by atoms with E-state index >= 15 is 0 Å². The van der Waals surface area contributed by atoms with Crippen LogP contribution in [0.25, 0.3) is 11.4 Å². The zero-order valence-electron chi connectivity index (χ0n) is 16.7. The Hall–Kier alpha value is -2.02. The van der Waals surface area contributed by atoms with E-state index in [0.717, 1.165) is 17.7 Å². The van der Waals surface area contributed by atoms with Gasteiger partial charge in [-0.1, -0.05) is 32.6 Å². The van der Waals surface area contributed by atoms with Crippen LogP contribution in [-0.2, 0) is 11.2 Å². The number of nitrogens with zero attached hydrogens (tertiary/aromatic N) is 2. The van der Waals surface area contributed by atoms with Crippen molar-refractivity contribution >= 4 is 0 Å². The molecule has 1 aromatic carbocycles. The molecule has 0 saturated heterocycles. The fourth-order valence-corrected chi connectivity index (χ4v) is 2.76. The maximum Gasteiger partial charge on any atom is 0.159 e. The zero-order chi connectivity index (χ0) is 20.0. The lowest BCUT2D eigenvalue weighted by atomic mass is 10.1. The van der Waals surface area contributed by atoms with Gasteiger partial charge in [0.05, 0.1) is 19.8 Å². The van der Waals surface area contributed by atoms with Crippen molar-refractivity contribution in [3.05, 3.63) is 42.2 Å². The largest absolute Gasteiger partial charge is 0.491 e. The van der Waals surface area contributed by atoms with Crippen molar-refractivity contribution in [2.45, 2.75) is 51.6 Å². The molecule has 0 aliphatic carbocycles. The molecule has 0 bridgehead atoms. The second-order valence-electron chi connectivity index (χ2n) is 6.86. The monoisotopic (exact) mass is 388 g/mol. The molecule has 154 valence electrons. The maximum absolute atomic E-state index is 9.18. The smallest absolute Gasteiger partial charge is 0.159 e. The van der Waals surface area contributed by atoms with Gasteiger partial charge in [-0.25, -0.2) is 9.97 Å². The first-order valence-corrected chi connectivity index (χ1v) is 10.1. The van der Waals surface area contributed by atoms with E-state index in [4.69, 9.17) is 14.6 Å². The Bertz CT molecular complexity index is 647. The molecule has 2 N–H and O–H groups in total. The summed E-state index contributed by atoms with van der Waals surface area (Å²) in [5, 5.41) is 17.9. The topological polar surface area (TPSA) is 84.7 Å². The average Bonchev–Trinajstić information content (AvgIpc) is 2.74. The van der Waals surface area contributed by atoms with Gasteiger partial charge in [0.1, 0.15) is 18.5 Å². The number of aromatic nitrogens is 2. The Labute approximate surface area is 167 Å². The van der Waals surface area contributed by atoms with Crippen LogP contribution in [0.15, 0.2) is 36.7 Å². The second kappa shape index (κ2) is 13.2. The first-order chi connectivity index (χ1) is 13.7. The number of unbranched alkanes of at least 4 members (excludes halogenated alkanes) is 4. The van der Waals surface area contributed by atoms with Crippen molar-refractivity contribution < 1.29 is 19.7 Å². The fraction of sp³-hybridized carbons (Fsp3) is 0.545. The van der Waals surface area contributed by atoms with E-state index in [1.54, 1.807) is 0 Å². The lowest BCUT2D eigenvalue weighted by molar-refractivity contribution is -0.00138. The number of aliphatic hydroxyl groups is 2. The van der Waals surface area contributed by atoms with E-state index in [1.807, 2.05) is 36.7 Å². The van der Waals surface area contributed by atoms with E-state index in [2.05, 4.69) is 16.9 Å². The number of benzene rings is 1. The third-order valence-electron chi connectivity index (χ3n) is 4.40. The Morgan fingerprint density at radius 2 is 1.68 bits per heavy atom. The van der Waals surface area contributed by atoms with E-state index in [1.165, 1.54) is 37.7 Å². The fourth-order valence-electron chi connectivity index (χ4n) is 2.76. The molecule has 0 unspecified atom stereocenters. The van der Waals surface area contributed by atoms with Crippen LogP contribution in [0.5, 0.6) is 5.75 Å². The molecular weight excluding hydrogens is 356 g/mol. The van der Waals surface area contributed by atoms with Crippen molar-refractivity contribution in [3.8, 4) is 17.1 Å². The summed E-state index contributed by atoms with van der Waals surface area (Å²) in [6.07, 6.45) is 10.4. The van der Waals surface area contributed by atoms with E-state index in [9.17, 15) is 5.11 Å². The summed E-state index contributed by atoms with van der Waals surface area (Å²) in [6, 6.07) is 7.63. The molecule has 0 spiro atoms. The average molecular weight is 389 g/mol. The Morgan fingerprint density at radius 3 is 2.36 bits per heavy atom. The molecule has 0 saturated carbocycles. The molecule has 0 fully saturated rings. The van der Waals surface area contributed by atoms with Crippen molar-refractivity contribution in [1.29, 1.82) is 0 Å². The number of rotatable bonds is 14. The molecule has 1 heterocycles. The Morgan fingerprint density at radius 1 is 0.964 bits per heavy atom. The number of aliphatic hydroxyl groups excluding tert-OH is 2. The molecule has 6 nitrogen and oxygen atoms in total. The number of hydrogen-bond donors (Lipinski definition) is 2. The highest BCUT2D eigenvalue weighted by Gasteiger charge is 2.04. The molecule has 0 radical (unpaired) electrons. The Balaban J connectivity index is 1.73. The standard InChI is InChI=1S/C22H32N2O4/c1-2-3-4-5-6-7-18-14-23-22(24-15-18)19-8-10-21(11-9-19)28-13-12-27-17-20(26)16-25/h8-11,14-15,20,25-26H,2-7,12-13,16-17H2,1H3/t20-/m1/s1. The van der Waals surface area contributed by atoms with Crippen LogP contribution in [0, 0.1) is 0 Å². The van der Waals surface area contributed by atoms with Gasteiger partial charge in [0.2, 0.25) is 0 Å². The summed E-state index contributed by atoms with van der Waals surface area (Å²) in [5.74, 6) is 1.45. The van der Waals surface area contributed by atoms with Crippen LogP contribution in [0.3, 0.4) is 0 Å². The number of aryl methyl sites for hydroxylation is 1.